The lowest BCUT2D eigenvalue weighted by molar-refractivity contribution is 0.230. The fraction of sp³-hybridized carbons (Fsp3) is 0.538. The second kappa shape index (κ2) is 4.58. The Bertz CT molecular complexity index is 424. The number of hydrogen-bond donors (Lipinski definition) is 0. The van der Waals surface area contributed by atoms with E-state index < -0.39 is 0 Å². The predicted molar refractivity (Wildman–Crippen MR) is 70.9 cm³/mol. The molecule has 2 fully saturated rings. The van der Waals surface area contributed by atoms with Crippen molar-refractivity contribution < 1.29 is 4.39 Å². The molecule has 2 saturated heterocycles. The second-order valence-electron chi connectivity index (χ2n) is 4.87. The minimum Gasteiger partial charge on any atom is -0.366 e. The molecule has 0 amide bonds. The molecule has 2 aliphatic rings. The van der Waals surface area contributed by atoms with Gasteiger partial charge in [0.1, 0.15) is 5.82 Å². The molecule has 1 aromatic carbocycles. The van der Waals surface area contributed by atoms with E-state index in [-0.39, 0.29) is 5.82 Å². The van der Waals surface area contributed by atoms with Gasteiger partial charge in [0.15, 0.2) is 0 Å². The van der Waals surface area contributed by atoms with Crippen LogP contribution in [-0.4, -0.2) is 37.1 Å². The van der Waals surface area contributed by atoms with E-state index in [9.17, 15) is 4.39 Å². The maximum atomic E-state index is 13.9. The Morgan fingerprint density at radius 2 is 2.12 bits per heavy atom. The summed E-state index contributed by atoms with van der Waals surface area (Å²) in [6, 6.07) is 5.98. The van der Waals surface area contributed by atoms with Crippen molar-refractivity contribution in [2.75, 3.05) is 31.1 Å². The first-order chi connectivity index (χ1) is 8.24. The van der Waals surface area contributed by atoms with Crippen LogP contribution in [0.3, 0.4) is 0 Å². The van der Waals surface area contributed by atoms with Gasteiger partial charge in [0.25, 0.3) is 0 Å². The fourth-order valence-electron chi connectivity index (χ4n) is 2.95. The van der Waals surface area contributed by atoms with Crippen LogP contribution in [-0.2, 0) is 0 Å². The average molecular weight is 299 g/mol. The van der Waals surface area contributed by atoms with Crippen LogP contribution in [0.4, 0.5) is 10.1 Å². The highest BCUT2D eigenvalue weighted by atomic mass is 79.9. The predicted octanol–water partition coefficient (Wildman–Crippen LogP) is 2.87. The van der Waals surface area contributed by atoms with Gasteiger partial charge >= 0.3 is 0 Å². The second-order valence-corrected chi connectivity index (χ2v) is 5.79. The summed E-state index contributed by atoms with van der Waals surface area (Å²) in [5.41, 5.74) is 0.750. The maximum absolute atomic E-state index is 13.9. The topological polar surface area (TPSA) is 6.48 Å². The number of halogens is 2. The van der Waals surface area contributed by atoms with Gasteiger partial charge in [0, 0.05) is 30.1 Å². The molecule has 0 bridgehead atoms. The normalized spacial score (nSPS) is 25.1. The van der Waals surface area contributed by atoms with Crippen molar-refractivity contribution in [1.29, 1.82) is 0 Å². The van der Waals surface area contributed by atoms with Crippen LogP contribution in [0, 0.1) is 5.82 Å². The first kappa shape index (κ1) is 11.5. The van der Waals surface area contributed by atoms with Crippen molar-refractivity contribution in [1.82, 2.24) is 4.90 Å². The highest BCUT2D eigenvalue weighted by Crippen LogP contribution is 2.28. The van der Waals surface area contributed by atoms with Gasteiger partial charge in [-0.25, -0.2) is 4.39 Å². The SMILES string of the molecule is Fc1cc(Br)ccc1N1CCN2CCCC2C1. The van der Waals surface area contributed by atoms with E-state index in [2.05, 4.69) is 25.7 Å². The summed E-state index contributed by atoms with van der Waals surface area (Å²) in [6.07, 6.45) is 2.55. The Morgan fingerprint density at radius 1 is 1.24 bits per heavy atom. The number of piperazine rings is 1. The third-order valence-electron chi connectivity index (χ3n) is 3.84. The van der Waals surface area contributed by atoms with Crippen LogP contribution < -0.4 is 4.90 Å². The number of benzene rings is 1. The molecule has 0 aliphatic carbocycles. The molecule has 17 heavy (non-hydrogen) atoms. The molecule has 0 aromatic heterocycles. The molecule has 4 heteroatoms. The van der Waals surface area contributed by atoms with Gasteiger partial charge in [-0.15, -0.1) is 0 Å². The smallest absolute Gasteiger partial charge is 0.147 e. The molecule has 0 N–H and O–H groups in total. The van der Waals surface area contributed by atoms with Crippen LogP contribution in [0.5, 0.6) is 0 Å². The molecule has 3 rings (SSSR count). The van der Waals surface area contributed by atoms with E-state index in [0.717, 1.165) is 29.8 Å². The highest BCUT2D eigenvalue weighted by molar-refractivity contribution is 9.10. The lowest BCUT2D eigenvalue weighted by atomic mass is 10.1. The van der Waals surface area contributed by atoms with Crippen molar-refractivity contribution in [3.63, 3.8) is 0 Å². The molecule has 1 aromatic rings. The molecule has 2 nitrogen and oxygen atoms in total. The number of rotatable bonds is 1. The largest absolute Gasteiger partial charge is 0.366 e. The monoisotopic (exact) mass is 298 g/mol. The summed E-state index contributed by atoms with van der Waals surface area (Å²) >= 11 is 3.30. The van der Waals surface area contributed by atoms with Gasteiger partial charge in [-0.2, -0.15) is 0 Å². The third-order valence-corrected chi connectivity index (χ3v) is 4.33. The zero-order chi connectivity index (χ0) is 11.8. The average Bonchev–Trinajstić information content (AvgIpc) is 2.75. The summed E-state index contributed by atoms with van der Waals surface area (Å²) in [5, 5.41) is 0. The van der Waals surface area contributed by atoms with Crippen molar-refractivity contribution in [3.8, 4) is 0 Å². The zero-order valence-electron chi connectivity index (χ0n) is 9.70. The standard InChI is InChI=1S/C13H16BrFN2/c14-10-3-4-13(12(15)8-10)17-7-6-16-5-1-2-11(16)9-17/h3-4,8,11H,1-2,5-7,9H2. The Labute approximate surface area is 110 Å². The Balaban J connectivity index is 1.80. The minimum atomic E-state index is -0.120. The molecular weight excluding hydrogens is 283 g/mol. The Hall–Kier alpha value is -0.610. The van der Waals surface area contributed by atoms with Crippen molar-refractivity contribution in [2.45, 2.75) is 18.9 Å². The molecule has 0 radical (unpaired) electrons. The van der Waals surface area contributed by atoms with Gasteiger partial charge in [-0.1, -0.05) is 15.9 Å². The summed E-state index contributed by atoms with van der Waals surface area (Å²) in [6.45, 7) is 4.20. The number of fused-ring (bicyclic) bond motifs is 1. The first-order valence-corrected chi connectivity index (χ1v) is 6.97. The quantitative estimate of drug-likeness (QED) is 0.787. The minimum absolute atomic E-state index is 0.120. The van der Waals surface area contributed by atoms with Crippen LogP contribution in [0.25, 0.3) is 0 Å². The fourth-order valence-corrected chi connectivity index (χ4v) is 3.28. The number of hydrogen-bond acceptors (Lipinski definition) is 2. The van der Waals surface area contributed by atoms with Gasteiger partial charge in [0.2, 0.25) is 0 Å². The highest BCUT2D eigenvalue weighted by Gasteiger charge is 2.31. The molecule has 92 valence electrons. The van der Waals surface area contributed by atoms with Crippen LogP contribution >= 0.6 is 15.9 Å². The number of nitrogens with zero attached hydrogens (tertiary/aromatic N) is 2. The van der Waals surface area contributed by atoms with Crippen molar-refractivity contribution in [3.05, 3.63) is 28.5 Å². The molecule has 1 atom stereocenters. The molecule has 0 saturated carbocycles. The van der Waals surface area contributed by atoms with E-state index in [1.54, 1.807) is 6.07 Å². The van der Waals surface area contributed by atoms with Gasteiger partial charge < -0.3 is 4.90 Å². The van der Waals surface area contributed by atoms with Gasteiger partial charge in [0.05, 0.1) is 5.69 Å². The number of anilines is 1. The third kappa shape index (κ3) is 2.20. The Kier molecular flexibility index (Phi) is 3.09. The van der Waals surface area contributed by atoms with E-state index in [1.165, 1.54) is 19.4 Å². The molecule has 1 unspecified atom stereocenters. The van der Waals surface area contributed by atoms with Gasteiger partial charge in [-0.3, -0.25) is 4.90 Å². The lowest BCUT2D eigenvalue weighted by Gasteiger charge is -2.38. The Morgan fingerprint density at radius 3 is 2.94 bits per heavy atom. The lowest BCUT2D eigenvalue weighted by Crippen LogP contribution is -2.50. The molecule has 2 heterocycles. The molecular formula is C13H16BrFN2. The van der Waals surface area contributed by atoms with Crippen LogP contribution in [0.15, 0.2) is 22.7 Å². The maximum Gasteiger partial charge on any atom is 0.147 e. The first-order valence-electron chi connectivity index (χ1n) is 6.18. The molecule has 0 spiro atoms. The summed E-state index contributed by atoms with van der Waals surface area (Å²) in [4.78, 5) is 4.72. The zero-order valence-corrected chi connectivity index (χ0v) is 11.3. The molecule has 2 aliphatic heterocycles. The van der Waals surface area contributed by atoms with E-state index >= 15 is 0 Å². The van der Waals surface area contributed by atoms with E-state index in [4.69, 9.17) is 0 Å². The van der Waals surface area contributed by atoms with E-state index in [1.807, 2.05) is 12.1 Å². The summed E-state index contributed by atoms with van der Waals surface area (Å²) < 4.78 is 14.7. The van der Waals surface area contributed by atoms with Gasteiger partial charge in [-0.05, 0) is 37.6 Å². The van der Waals surface area contributed by atoms with Crippen molar-refractivity contribution in [2.24, 2.45) is 0 Å². The van der Waals surface area contributed by atoms with Crippen LogP contribution in [0.1, 0.15) is 12.8 Å². The van der Waals surface area contributed by atoms with Crippen molar-refractivity contribution >= 4 is 21.6 Å². The summed E-state index contributed by atoms with van der Waals surface area (Å²) in [5.74, 6) is -0.120. The van der Waals surface area contributed by atoms with Crippen LogP contribution in [0.2, 0.25) is 0 Å². The van der Waals surface area contributed by atoms with E-state index in [0.29, 0.717) is 6.04 Å². The summed E-state index contributed by atoms with van der Waals surface area (Å²) in [7, 11) is 0.